The quantitative estimate of drug-likeness (QED) is 0.629. The highest BCUT2D eigenvalue weighted by Crippen LogP contribution is 2.28. The van der Waals surface area contributed by atoms with Crippen LogP contribution in [0, 0.1) is 19.7 Å². The molecular weight excluding hydrogens is 385 g/mol. The third-order valence-electron chi connectivity index (χ3n) is 5.34. The van der Waals surface area contributed by atoms with Gasteiger partial charge in [0.15, 0.2) is 6.61 Å². The van der Waals surface area contributed by atoms with Crippen LogP contribution in [0.5, 0.6) is 5.75 Å². The molecule has 1 saturated heterocycles. The Kier molecular flexibility index (Phi) is 5.79. The van der Waals surface area contributed by atoms with Crippen molar-refractivity contribution < 1.29 is 18.4 Å². The van der Waals surface area contributed by atoms with E-state index in [9.17, 15) is 9.18 Å². The SMILES string of the molecule is Cc1ccc(C)c(OCC(=O)N2CCC[C@H](c3nc(-c4cccc(F)c4)no3)C2)c1. The summed E-state index contributed by atoms with van der Waals surface area (Å²) in [5, 5.41) is 3.99. The van der Waals surface area contributed by atoms with Crippen molar-refractivity contribution in [2.75, 3.05) is 19.7 Å². The Morgan fingerprint density at radius 2 is 2.13 bits per heavy atom. The summed E-state index contributed by atoms with van der Waals surface area (Å²) >= 11 is 0. The van der Waals surface area contributed by atoms with E-state index in [2.05, 4.69) is 10.1 Å². The van der Waals surface area contributed by atoms with Crippen LogP contribution >= 0.6 is 0 Å². The largest absolute Gasteiger partial charge is 0.483 e. The van der Waals surface area contributed by atoms with Crippen LogP contribution in [0.4, 0.5) is 4.39 Å². The van der Waals surface area contributed by atoms with E-state index in [0.29, 0.717) is 30.4 Å². The van der Waals surface area contributed by atoms with E-state index in [-0.39, 0.29) is 24.2 Å². The minimum atomic E-state index is -0.350. The molecule has 4 rings (SSSR count). The molecule has 1 aromatic heterocycles. The van der Waals surface area contributed by atoms with Crippen molar-refractivity contribution >= 4 is 5.91 Å². The van der Waals surface area contributed by atoms with Crippen LogP contribution in [0.25, 0.3) is 11.4 Å². The lowest BCUT2D eigenvalue weighted by atomic mass is 9.98. The van der Waals surface area contributed by atoms with Gasteiger partial charge in [0, 0.05) is 18.7 Å². The molecule has 3 aromatic rings. The zero-order valence-corrected chi connectivity index (χ0v) is 17.1. The van der Waals surface area contributed by atoms with Crippen molar-refractivity contribution in [1.82, 2.24) is 15.0 Å². The van der Waals surface area contributed by atoms with Gasteiger partial charge in [0.1, 0.15) is 11.6 Å². The van der Waals surface area contributed by atoms with E-state index in [4.69, 9.17) is 9.26 Å². The lowest BCUT2D eigenvalue weighted by Crippen LogP contribution is -2.41. The van der Waals surface area contributed by atoms with Crippen molar-refractivity contribution in [3.8, 4) is 17.1 Å². The topological polar surface area (TPSA) is 68.5 Å². The van der Waals surface area contributed by atoms with Gasteiger partial charge < -0.3 is 14.2 Å². The van der Waals surface area contributed by atoms with E-state index >= 15 is 0 Å². The molecule has 0 spiro atoms. The number of likely N-dealkylation sites (tertiary alicyclic amines) is 1. The first-order valence-electron chi connectivity index (χ1n) is 10.1. The molecule has 156 valence electrons. The maximum atomic E-state index is 13.5. The monoisotopic (exact) mass is 409 g/mol. The molecule has 6 nitrogen and oxygen atoms in total. The van der Waals surface area contributed by atoms with Gasteiger partial charge in [0.05, 0.1) is 5.92 Å². The van der Waals surface area contributed by atoms with Crippen molar-refractivity contribution in [3.63, 3.8) is 0 Å². The number of amides is 1. The highest BCUT2D eigenvalue weighted by atomic mass is 19.1. The van der Waals surface area contributed by atoms with E-state index in [0.717, 1.165) is 29.7 Å². The fourth-order valence-corrected chi connectivity index (χ4v) is 3.64. The lowest BCUT2D eigenvalue weighted by molar-refractivity contribution is -0.134. The van der Waals surface area contributed by atoms with E-state index in [1.165, 1.54) is 12.1 Å². The highest BCUT2D eigenvalue weighted by molar-refractivity contribution is 5.78. The van der Waals surface area contributed by atoms with Crippen molar-refractivity contribution in [1.29, 1.82) is 0 Å². The molecule has 0 unspecified atom stereocenters. The van der Waals surface area contributed by atoms with E-state index in [1.54, 1.807) is 17.0 Å². The molecule has 0 aliphatic carbocycles. The highest BCUT2D eigenvalue weighted by Gasteiger charge is 2.29. The maximum absolute atomic E-state index is 13.5. The smallest absolute Gasteiger partial charge is 0.260 e. The minimum absolute atomic E-state index is 0.00457. The van der Waals surface area contributed by atoms with E-state index in [1.807, 2.05) is 32.0 Å². The number of piperidine rings is 1. The number of carbonyl (C=O) groups excluding carboxylic acids is 1. The molecule has 1 amide bonds. The summed E-state index contributed by atoms with van der Waals surface area (Å²) < 4.78 is 24.7. The second-order valence-corrected chi connectivity index (χ2v) is 7.70. The molecule has 1 fully saturated rings. The number of hydrogen-bond acceptors (Lipinski definition) is 5. The fraction of sp³-hybridized carbons (Fsp3) is 0.348. The molecule has 1 aliphatic rings. The van der Waals surface area contributed by atoms with Gasteiger partial charge in [-0.3, -0.25) is 4.79 Å². The lowest BCUT2D eigenvalue weighted by Gasteiger charge is -2.31. The molecule has 2 heterocycles. The van der Waals surface area contributed by atoms with Crippen LogP contribution in [-0.4, -0.2) is 40.6 Å². The molecule has 1 atom stereocenters. The third kappa shape index (κ3) is 4.50. The Labute approximate surface area is 174 Å². The number of aryl methyl sites for hydroxylation is 2. The zero-order chi connectivity index (χ0) is 21.1. The van der Waals surface area contributed by atoms with Gasteiger partial charge >= 0.3 is 0 Å². The summed E-state index contributed by atoms with van der Waals surface area (Å²) in [5.41, 5.74) is 2.66. The van der Waals surface area contributed by atoms with Crippen LogP contribution in [0.1, 0.15) is 35.8 Å². The number of nitrogens with zero attached hydrogens (tertiary/aromatic N) is 3. The third-order valence-corrected chi connectivity index (χ3v) is 5.34. The van der Waals surface area contributed by atoms with Gasteiger partial charge in [0.25, 0.3) is 5.91 Å². The van der Waals surface area contributed by atoms with Crippen molar-refractivity contribution in [2.24, 2.45) is 0 Å². The molecule has 7 heteroatoms. The van der Waals surface area contributed by atoms with Gasteiger partial charge in [-0.25, -0.2) is 4.39 Å². The molecule has 0 radical (unpaired) electrons. The second-order valence-electron chi connectivity index (χ2n) is 7.70. The van der Waals surface area contributed by atoms with Crippen LogP contribution < -0.4 is 4.74 Å². The van der Waals surface area contributed by atoms with Gasteiger partial charge in [-0.15, -0.1) is 0 Å². The van der Waals surface area contributed by atoms with Gasteiger partial charge in [-0.2, -0.15) is 4.98 Å². The maximum Gasteiger partial charge on any atom is 0.260 e. The standard InChI is InChI=1S/C23H24FN3O3/c1-15-8-9-16(2)20(11-15)29-14-21(28)27-10-4-6-18(13-27)23-25-22(26-30-23)17-5-3-7-19(24)12-17/h3,5,7-9,11-12,18H,4,6,10,13-14H2,1-2H3/t18-/m0/s1. The predicted octanol–water partition coefficient (Wildman–Crippen LogP) is 4.28. The number of hydrogen-bond donors (Lipinski definition) is 0. The Morgan fingerprint density at radius 3 is 2.97 bits per heavy atom. The Hall–Kier alpha value is -3.22. The first-order chi connectivity index (χ1) is 14.5. The number of aromatic nitrogens is 2. The number of ether oxygens (including phenoxy) is 1. The van der Waals surface area contributed by atoms with Gasteiger partial charge in [-0.1, -0.05) is 29.4 Å². The second kappa shape index (κ2) is 8.65. The number of benzene rings is 2. The number of rotatable bonds is 5. The number of halogens is 1. The molecule has 2 aromatic carbocycles. The zero-order valence-electron chi connectivity index (χ0n) is 17.1. The molecule has 1 aliphatic heterocycles. The average molecular weight is 409 g/mol. The Balaban J connectivity index is 1.39. The molecule has 0 saturated carbocycles. The molecular formula is C23H24FN3O3. The van der Waals surface area contributed by atoms with Gasteiger partial charge in [-0.05, 0) is 56.0 Å². The van der Waals surface area contributed by atoms with Gasteiger partial charge in [0.2, 0.25) is 11.7 Å². The van der Waals surface area contributed by atoms with Crippen molar-refractivity contribution in [3.05, 3.63) is 65.3 Å². The first kappa shape index (κ1) is 20.1. The molecule has 0 bridgehead atoms. The summed E-state index contributed by atoms with van der Waals surface area (Å²) in [6.07, 6.45) is 1.70. The summed E-state index contributed by atoms with van der Waals surface area (Å²) in [6.45, 7) is 5.12. The van der Waals surface area contributed by atoms with E-state index < -0.39 is 0 Å². The van der Waals surface area contributed by atoms with Crippen LogP contribution in [0.2, 0.25) is 0 Å². The van der Waals surface area contributed by atoms with Crippen molar-refractivity contribution in [2.45, 2.75) is 32.6 Å². The summed E-state index contributed by atoms with van der Waals surface area (Å²) in [4.78, 5) is 18.9. The van der Waals surface area contributed by atoms with Crippen LogP contribution in [0.15, 0.2) is 47.0 Å². The van der Waals surface area contributed by atoms with Crippen LogP contribution in [0.3, 0.4) is 0 Å². The minimum Gasteiger partial charge on any atom is -0.483 e. The Bertz CT molecular complexity index is 1050. The van der Waals surface area contributed by atoms with Crippen LogP contribution in [-0.2, 0) is 4.79 Å². The fourth-order valence-electron chi connectivity index (χ4n) is 3.64. The normalized spacial score (nSPS) is 16.5. The summed E-state index contributed by atoms with van der Waals surface area (Å²) in [5.74, 6) is 1.10. The predicted molar refractivity (Wildman–Crippen MR) is 110 cm³/mol. The average Bonchev–Trinajstić information content (AvgIpc) is 3.25. The first-order valence-corrected chi connectivity index (χ1v) is 10.1. The molecule has 0 N–H and O–H groups in total. The summed E-state index contributed by atoms with van der Waals surface area (Å²) in [7, 11) is 0. The molecule has 30 heavy (non-hydrogen) atoms. The summed E-state index contributed by atoms with van der Waals surface area (Å²) in [6, 6.07) is 12.0. The Morgan fingerprint density at radius 1 is 1.27 bits per heavy atom. The number of carbonyl (C=O) groups is 1.